The van der Waals surface area contributed by atoms with E-state index in [1.165, 1.54) is 11.1 Å². The lowest BCUT2D eigenvalue weighted by Crippen LogP contribution is -2.56. The van der Waals surface area contributed by atoms with Crippen LogP contribution in [0.15, 0.2) is 22.8 Å². The summed E-state index contributed by atoms with van der Waals surface area (Å²) in [6.45, 7) is 17.1. The van der Waals surface area contributed by atoms with Gasteiger partial charge in [0.1, 0.15) is 0 Å². The standard InChI is InChI=1S/C30H52O4/c1-20(2)10-9-16-28(6)17-13-23(31)21(3)22(28)11-12-24-29(7)18-14-25(32)27(4,5)34-26(29)15-19-30(24,8)33/h10,23-26,31-33H,9,11-19H2,1-8H3/t23?,24-,25-,26?,28?,29-,30+/m1/s1. The molecule has 3 rings (SSSR count). The maximum atomic E-state index is 11.6. The molecule has 1 heterocycles. The number of hydrogen-bond donors (Lipinski definition) is 3. The van der Waals surface area contributed by atoms with Crippen molar-refractivity contribution in [1.29, 1.82) is 0 Å². The number of ether oxygens (including phenoxy) is 1. The Morgan fingerprint density at radius 1 is 1.00 bits per heavy atom. The number of fused-ring (bicyclic) bond motifs is 1. The molecule has 0 aromatic rings. The smallest absolute Gasteiger partial charge is 0.0888 e. The first-order valence-electron chi connectivity index (χ1n) is 13.7. The Bertz CT molecular complexity index is 790. The van der Waals surface area contributed by atoms with Crippen LogP contribution in [0, 0.1) is 16.7 Å². The molecule has 34 heavy (non-hydrogen) atoms. The SMILES string of the molecule is CC(C)=CCCC1(C)CCC(O)C(C)=C1CC[C@H]1[C@@](C)(O)CCC2OC(C)(C)[C@H](O)CC[C@@]21C. The van der Waals surface area contributed by atoms with Gasteiger partial charge >= 0.3 is 0 Å². The predicted molar refractivity (Wildman–Crippen MR) is 140 cm³/mol. The molecule has 4 heteroatoms. The van der Waals surface area contributed by atoms with Gasteiger partial charge in [-0.15, -0.1) is 0 Å². The first-order chi connectivity index (χ1) is 15.6. The van der Waals surface area contributed by atoms with Crippen LogP contribution in [-0.4, -0.2) is 44.8 Å². The van der Waals surface area contributed by atoms with E-state index in [9.17, 15) is 15.3 Å². The molecule has 1 saturated carbocycles. The van der Waals surface area contributed by atoms with Gasteiger partial charge < -0.3 is 20.1 Å². The minimum Gasteiger partial charge on any atom is -0.390 e. The first kappa shape index (κ1) is 27.9. The van der Waals surface area contributed by atoms with Gasteiger partial charge in [-0.1, -0.05) is 31.1 Å². The maximum absolute atomic E-state index is 11.6. The summed E-state index contributed by atoms with van der Waals surface area (Å²) >= 11 is 0. The van der Waals surface area contributed by atoms with Crippen LogP contribution >= 0.6 is 0 Å². The Morgan fingerprint density at radius 2 is 1.68 bits per heavy atom. The van der Waals surface area contributed by atoms with E-state index in [2.05, 4.69) is 40.7 Å². The van der Waals surface area contributed by atoms with Gasteiger partial charge in [0.25, 0.3) is 0 Å². The van der Waals surface area contributed by atoms with Crippen molar-refractivity contribution in [3.8, 4) is 0 Å². The van der Waals surface area contributed by atoms with Gasteiger partial charge in [-0.2, -0.15) is 0 Å². The zero-order chi connectivity index (χ0) is 25.5. The number of hydrogen-bond acceptors (Lipinski definition) is 4. The van der Waals surface area contributed by atoms with Gasteiger partial charge in [-0.25, -0.2) is 0 Å². The number of rotatable bonds is 6. The van der Waals surface area contributed by atoms with Crippen LogP contribution < -0.4 is 0 Å². The summed E-state index contributed by atoms with van der Waals surface area (Å²) in [6, 6.07) is 0. The second-order valence-electron chi connectivity index (χ2n) is 13.4. The van der Waals surface area contributed by atoms with E-state index < -0.39 is 17.3 Å². The van der Waals surface area contributed by atoms with Crippen molar-refractivity contribution in [3.63, 3.8) is 0 Å². The molecule has 3 unspecified atom stereocenters. The molecule has 4 nitrogen and oxygen atoms in total. The average molecular weight is 477 g/mol. The molecule has 3 N–H and O–H groups in total. The van der Waals surface area contributed by atoms with Gasteiger partial charge in [0.2, 0.25) is 0 Å². The Morgan fingerprint density at radius 3 is 2.32 bits per heavy atom. The van der Waals surface area contributed by atoms with Gasteiger partial charge in [-0.3, -0.25) is 0 Å². The molecule has 0 bridgehead atoms. The van der Waals surface area contributed by atoms with E-state index in [-0.39, 0.29) is 29.0 Å². The van der Waals surface area contributed by atoms with Gasteiger partial charge in [0.15, 0.2) is 0 Å². The summed E-state index contributed by atoms with van der Waals surface area (Å²) in [6.07, 6.45) is 10.5. The van der Waals surface area contributed by atoms with Gasteiger partial charge in [-0.05, 0) is 128 Å². The highest BCUT2D eigenvalue weighted by Crippen LogP contribution is 2.56. The molecule has 2 fully saturated rings. The summed E-state index contributed by atoms with van der Waals surface area (Å²) in [5.41, 5.74) is 2.50. The monoisotopic (exact) mass is 476 g/mol. The highest BCUT2D eigenvalue weighted by Gasteiger charge is 2.56. The average Bonchev–Trinajstić information content (AvgIpc) is 2.81. The molecule has 0 aromatic heterocycles. The lowest BCUT2D eigenvalue weighted by Gasteiger charge is -2.54. The first-order valence-corrected chi connectivity index (χ1v) is 13.7. The van der Waals surface area contributed by atoms with Crippen molar-refractivity contribution >= 4 is 0 Å². The van der Waals surface area contributed by atoms with E-state index in [1.54, 1.807) is 0 Å². The van der Waals surface area contributed by atoms with E-state index >= 15 is 0 Å². The molecule has 0 aromatic carbocycles. The zero-order valence-electron chi connectivity index (χ0n) is 23.2. The van der Waals surface area contributed by atoms with Crippen LogP contribution in [-0.2, 0) is 4.74 Å². The van der Waals surface area contributed by atoms with Crippen molar-refractivity contribution in [2.75, 3.05) is 0 Å². The molecule has 0 radical (unpaired) electrons. The summed E-state index contributed by atoms with van der Waals surface area (Å²) in [4.78, 5) is 0. The number of aliphatic hydroxyl groups is 3. The molecule has 196 valence electrons. The Labute approximate surface area is 208 Å². The van der Waals surface area contributed by atoms with Gasteiger partial charge in [0, 0.05) is 0 Å². The summed E-state index contributed by atoms with van der Waals surface area (Å²) in [7, 11) is 0. The van der Waals surface area contributed by atoms with Crippen LogP contribution in [0.3, 0.4) is 0 Å². The topological polar surface area (TPSA) is 69.9 Å². The van der Waals surface area contributed by atoms with Crippen LogP contribution in [0.1, 0.15) is 120 Å². The third-order valence-electron chi connectivity index (χ3n) is 10.0. The molecular formula is C30H52O4. The molecule has 0 amide bonds. The van der Waals surface area contributed by atoms with Crippen LogP contribution in [0.5, 0.6) is 0 Å². The lowest BCUT2D eigenvalue weighted by atomic mass is 9.55. The molecular weight excluding hydrogens is 424 g/mol. The number of allylic oxidation sites excluding steroid dienone is 3. The summed E-state index contributed by atoms with van der Waals surface area (Å²) in [5, 5.41) is 33.1. The molecule has 1 aliphatic heterocycles. The summed E-state index contributed by atoms with van der Waals surface area (Å²) < 4.78 is 6.57. The highest BCUT2D eigenvalue weighted by molar-refractivity contribution is 5.27. The molecule has 7 atom stereocenters. The number of aliphatic hydroxyl groups excluding tert-OH is 2. The fraction of sp³-hybridized carbons (Fsp3) is 0.867. The van der Waals surface area contributed by atoms with E-state index in [1.807, 2.05) is 20.8 Å². The normalized spacial score (nSPS) is 42.7. The Hall–Kier alpha value is -0.680. The Kier molecular flexibility index (Phi) is 8.20. The third-order valence-corrected chi connectivity index (χ3v) is 10.0. The molecule has 1 saturated heterocycles. The van der Waals surface area contributed by atoms with E-state index in [4.69, 9.17) is 4.74 Å². The highest BCUT2D eigenvalue weighted by atomic mass is 16.5. The van der Waals surface area contributed by atoms with Crippen molar-refractivity contribution in [3.05, 3.63) is 22.8 Å². The van der Waals surface area contributed by atoms with Crippen molar-refractivity contribution in [2.45, 2.75) is 149 Å². The van der Waals surface area contributed by atoms with E-state index in [0.717, 1.165) is 63.4 Å². The summed E-state index contributed by atoms with van der Waals surface area (Å²) in [5.74, 6) is 0.0845. The fourth-order valence-corrected chi connectivity index (χ4v) is 7.51. The van der Waals surface area contributed by atoms with Crippen molar-refractivity contribution in [1.82, 2.24) is 0 Å². The second-order valence-corrected chi connectivity index (χ2v) is 13.4. The lowest BCUT2D eigenvalue weighted by molar-refractivity contribution is -0.205. The maximum Gasteiger partial charge on any atom is 0.0888 e. The van der Waals surface area contributed by atoms with Crippen molar-refractivity contribution in [2.24, 2.45) is 16.7 Å². The van der Waals surface area contributed by atoms with Crippen molar-refractivity contribution < 1.29 is 20.1 Å². The second kappa shape index (κ2) is 10.00. The largest absolute Gasteiger partial charge is 0.390 e. The van der Waals surface area contributed by atoms with Crippen LogP contribution in [0.4, 0.5) is 0 Å². The van der Waals surface area contributed by atoms with Crippen LogP contribution in [0.25, 0.3) is 0 Å². The minimum absolute atomic E-state index is 0.0425. The molecule has 3 aliphatic rings. The predicted octanol–water partition coefficient (Wildman–Crippen LogP) is 6.48. The molecule has 0 spiro atoms. The zero-order valence-corrected chi connectivity index (χ0v) is 23.2. The third kappa shape index (κ3) is 5.51. The fourth-order valence-electron chi connectivity index (χ4n) is 7.51. The Balaban J connectivity index is 1.88. The molecule has 2 aliphatic carbocycles. The quantitative estimate of drug-likeness (QED) is 0.384. The van der Waals surface area contributed by atoms with Crippen LogP contribution in [0.2, 0.25) is 0 Å². The minimum atomic E-state index is -0.756. The van der Waals surface area contributed by atoms with Gasteiger partial charge in [0.05, 0.1) is 29.5 Å². The van der Waals surface area contributed by atoms with E-state index in [0.29, 0.717) is 6.42 Å².